The van der Waals surface area contributed by atoms with Crippen LogP contribution >= 0.6 is 11.6 Å². The number of aliphatic hydroxyl groups is 1. The molecule has 0 spiro atoms. The molecule has 0 amide bonds. The van der Waals surface area contributed by atoms with Crippen LogP contribution in [0.15, 0.2) is 18.2 Å². The average molecular weight is 244 g/mol. The second-order valence-corrected chi connectivity index (χ2v) is 4.80. The van der Waals surface area contributed by atoms with Gasteiger partial charge in [0.15, 0.2) is 0 Å². The molecule has 16 heavy (non-hydrogen) atoms. The lowest BCUT2D eigenvalue weighted by Gasteiger charge is -2.27. The maximum atomic E-state index is 13.3. The van der Waals surface area contributed by atoms with Crippen molar-refractivity contribution >= 4 is 11.6 Å². The van der Waals surface area contributed by atoms with Crippen LogP contribution in [0.3, 0.4) is 0 Å². The second kappa shape index (κ2) is 4.70. The smallest absolute Gasteiger partial charge is 0.142 e. The number of halogens is 2. The average Bonchev–Trinajstić information content (AvgIpc) is 2.73. The van der Waals surface area contributed by atoms with Crippen LogP contribution < -0.4 is 5.32 Å². The van der Waals surface area contributed by atoms with Crippen LogP contribution in [0.5, 0.6) is 0 Å². The summed E-state index contributed by atoms with van der Waals surface area (Å²) in [6, 6.07) is 4.81. The van der Waals surface area contributed by atoms with Crippen LogP contribution in [0, 0.1) is 5.82 Å². The molecule has 0 saturated carbocycles. The normalized spacial score (nSPS) is 24.9. The van der Waals surface area contributed by atoms with Crippen molar-refractivity contribution in [1.82, 2.24) is 5.32 Å². The molecule has 1 fully saturated rings. The third kappa shape index (κ3) is 2.37. The Morgan fingerprint density at radius 3 is 2.88 bits per heavy atom. The molecular formula is C12H15ClFNO. The molecule has 88 valence electrons. The summed E-state index contributed by atoms with van der Waals surface area (Å²) in [7, 11) is 0. The number of hydrogen-bond acceptors (Lipinski definition) is 2. The first-order valence-corrected chi connectivity index (χ1v) is 5.83. The molecular weight excluding hydrogens is 229 g/mol. The quantitative estimate of drug-likeness (QED) is 0.853. The van der Waals surface area contributed by atoms with Gasteiger partial charge in [0.2, 0.25) is 0 Å². The van der Waals surface area contributed by atoms with E-state index < -0.39 is 5.82 Å². The van der Waals surface area contributed by atoms with E-state index in [2.05, 4.69) is 5.32 Å². The van der Waals surface area contributed by atoms with Gasteiger partial charge in [0, 0.05) is 5.54 Å². The number of benzene rings is 1. The van der Waals surface area contributed by atoms with Crippen molar-refractivity contribution in [2.24, 2.45) is 0 Å². The molecule has 0 aliphatic carbocycles. The molecule has 1 aromatic rings. The minimum Gasteiger partial charge on any atom is -0.394 e. The van der Waals surface area contributed by atoms with Gasteiger partial charge in [-0.05, 0) is 43.5 Å². The Balaban J connectivity index is 2.16. The Kier molecular flexibility index (Phi) is 3.47. The summed E-state index contributed by atoms with van der Waals surface area (Å²) in [6.07, 6.45) is 2.61. The van der Waals surface area contributed by atoms with E-state index in [9.17, 15) is 9.50 Å². The van der Waals surface area contributed by atoms with Crippen LogP contribution in [-0.2, 0) is 6.42 Å². The summed E-state index contributed by atoms with van der Waals surface area (Å²) in [4.78, 5) is 0. The number of hydrogen-bond donors (Lipinski definition) is 2. The summed E-state index contributed by atoms with van der Waals surface area (Å²) < 4.78 is 13.3. The third-order valence-corrected chi connectivity index (χ3v) is 3.47. The van der Waals surface area contributed by atoms with Gasteiger partial charge in [0.25, 0.3) is 0 Å². The molecule has 1 unspecified atom stereocenters. The van der Waals surface area contributed by atoms with E-state index in [0.717, 1.165) is 24.9 Å². The highest BCUT2D eigenvalue weighted by molar-refractivity contribution is 6.30. The van der Waals surface area contributed by atoms with Gasteiger partial charge in [-0.25, -0.2) is 4.39 Å². The van der Waals surface area contributed by atoms with Crippen molar-refractivity contribution in [3.63, 3.8) is 0 Å². The Morgan fingerprint density at radius 2 is 2.31 bits per heavy atom. The Hall–Kier alpha value is -0.640. The van der Waals surface area contributed by atoms with E-state index in [1.54, 1.807) is 6.07 Å². The zero-order chi connectivity index (χ0) is 11.6. The largest absolute Gasteiger partial charge is 0.394 e. The van der Waals surface area contributed by atoms with E-state index in [0.29, 0.717) is 6.42 Å². The predicted molar refractivity (Wildman–Crippen MR) is 62.2 cm³/mol. The molecule has 0 aromatic heterocycles. The SMILES string of the molecule is OCC1(Cc2ccc(Cl)c(F)c2)CCCN1. The molecule has 1 saturated heterocycles. The fourth-order valence-electron chi connectivity index (χ4n) is 2.25. The maximum Gasteiger partial charge on any atom is 0.142 e. The number of nitrogens with one attached hydrogen (secondary N) is 1. The van der Waals surface area contributed by atoms with Crippen LogP contribution in [-0.4, -0.2) is 23.8 Å². The van der Waals surface area contributed by atoms with Gasteiger partial charge in [0.1, 0.15) is 5.82 Å². The van der Waals surface area contributed by atoms with Crippen LogP contribution in [0.1, 0.15) is 18.4 Å². The molecule has 1 aliphatic heterocycles. The van der Waals surface area contributed by atoms with E-state index >= 15 is 0 Å². The van der Waals surface area contributed by atoms with Gasteiger partial charge in [-0.15, -0.1) is 0 Å². The van der Waals surface area contributed by atoms with Crippen LogP contribution in [0.4, 0.5) is 4.39 Å². The van der Waals surface area contributed by atoms with Crippen molar-refractivity contribution in [3.8, 4) is 0 Å². The fourth-order valence-corrected chi connectivity index (χ4v) is 2.37. The third-order valence-electron chi connectivity index (χ3n) is 3.16. The molecule has 1 aromatic carbocycles. The Labute approximate surface area is 99.4 Å². The monoisotopic (exact) mass is 243 g/mol. The lowest BCUT2D eigenvalue weighted by Crippen LogP contribution is -2.45. The lowest BCUT2D eigenvalue weighted by molar-refractivity contribution is 0.177. The highest BCUT2D eigenvalue weighted by Crippen LogP contribution is 2.25. The van der Waals surface area contributed by atoms with Crippen LogP contribution in [0.25, 0.3) is 0 Å². The Bertz CT molecular complexity index is 377. The molecule has 2 N–H and O–H groups in total. The molecule has 0 bridgehead atoms. The molecule has 1 atom stereocenters. The molecule has 1 heterocycles. The molecule has 2 nitrogen and oxygen atoms in total. The highest BCUT2D eigenvalue weighted by Gasteiger charge is 2.32. The minimum atomic E-state index is -0.398. The zero-order valence-electron chi connectivity index (χ0n) is 8.97. The van der Waals surface area contributed by atoms with Gasteiger partial charge >= 0.3 is 0 Å². The van der Waals surface area contributed by atoms with Crippen molar-refractivity contribution in [2.75, 3.05) is 13.2 Å². The Morgan fingerprint density at radius 1 is 1.50 bits per heavy atom. The van der Waals surface area contributed by atoms with E-state index in [4.69, 9.17) is 11.6 Å². The fraction of sp³-hybridized carbons (Fsp3) is 0.500. The van der Waals surface area contributed by atoms with Crippen molar-refractivity contribution in [1.29, 1.82) is 0 Å². The first-order chi connectivity index (χ1) is 7.65. The molecule has 4 heteroatoms. The molecule has 1 aliphatic rings. The van der Waals surface area contributed by atoms with E-state index in [-0.39, 0.29) is 17.2 Å². The van der Waals surface area contributed by atoms with Crippen LogP contribution in [0.2, 0.25) is 5.02 Å². The number of aliphatic hydroxyl groups excluding tert-OH is 1. The summed E-state index contributed by atoms with van der Waals surface area (Å²) in [5, 5.41) is 12.9. The molecule has 2 rings (SSSR count). The lowest BCUT2D eigenvalue weighted by atomic mass is 9.90. The van der Waals surface area contributed by atoms with Crippen molar-refractivity contribution < 1.29 is 9.50 Å². The second-order valence-electron chi connectivity index (χ2n) is 4.39. The highest BCUT2D eigenvalue weighted by atomic mass is 35.5. The van der Waals surface area contributed by atoms with Gasteiger partial charge in [-0.3, -0.25) is 0 Å². The summed E-state index contributed by atoms with van der Waals surface area (Å²) in [5.41, 5.74) is 0.589. The summed E-state index contributed by atoms with van der Waals surface area (Å²) in [5.74, 6) is -0.398. The predicted octanol–water partition coefficient (Wildman–Crippen LogP) is 2.14. The van der Waals surface area contributed by atoms with Gasteiger partial charge in [-0.2, -0.15) is 0 Å². The van der Waals surface area contributed by atoms with Gasteiger partial charge < -0.3 is 10.4 Å². The van der Waals surface area contributed by atoms with Crippen molar-refractivity contribution in [2.45, 2.75) is 24.8 Å². The zero-order valence-corrected chi connectivity index (χ0v) is 9.73. The van der Waals surface area contributed by atoms with Gasteiger partial charge in [0.05, 0.1) is 11.6 Å². The van der Waals surface area contributed by atoms with E-state index in [1.165, 1.54) is 6.07 Å². The van der Waals surface area contributed by atoms with E-state index in [1.807, 2.05) is 6.07 Å². The maximum absolute atomic E-state index is 13.3. The number of rotatable bonds is 3. The minimum absolute atomic E-state index is 0.0806. The van der Waals surface area contributed by atoms with Crippen molar-refractivity contribution in [3.05, 3.63) is 34.6 Å². The van der Waals surface area contributed by atoms with Gasteiger partial charge in [-0.1, -0.05) is 17.7 Å². The summed E-state index contributed by atoms with van der Waals surface area (Å²) in [6.45, 7) is 0.994. The summed E-state index contributed by atoms with van der Waals surface area (Å²) >= 11 is 5.63. The molecule has 0 radical (unpaired) electrons. The first kappa shape index (κ1) is 11.8. The first-order valence-electron chi connectivity index (χ1n) is 5.45. The topological polar surface area (TPSA) is 32.3 Å². The standard InChI is InChI=1S/C12H15ClFNO/c13-10-3-2-9(6-11(10)14)7-12(8-16)4-1-5-15-12/h2-3,6,15-16H,1,4-5,7-8H2.